The average molecular weight is 292 g/mol. The van der Waals surface area contributed by atoms with Gasteiger partial charge in [-0.05, 0) is 62.9 Å². The molecule has 3 fully saturated rings. The van der Waals surface area contributed by atoms with Crippen LogP contribution in [0.4, 0.5) is 0 Å². The number of nitrogens with one attached hydrogen (secondary N) is 1. The van der Waals surface area contributed by atoms with Gasteiger partial charge in [-0.2, -0.15) is 0 Å². The standard InChI is InChI=1S/C18H32N2O/c1-14(2)12-15-6-4-3-5-11-20(15)17(21)16-13-18(16)7-9-19-10-8-18/h14-16,19H,3-13H2,1-2H3. The van der Waals surface area contributed by atoms with Crippen LogP contribution in [-0.2, 0) is 4.79 Å². The predicted octanol–water partition coefficient (Wildman–Crippen LogP) is 3.19. The Kier molecular flexibility index (Phi) is 4.58. The molecule has 2 aliphatic heterocycles. The van der Waals surface area contributed by atoms with Gasteiger partial charge in [-0.1, -0.05) is 26.7 Å². The van der Waals surface area contributed by atoms with Crippen molar-refractivity contribution in [2.24, 2.45) is 17.3 Å². The third-order valence-electron chi connectivity index (χ3n) is 5.99. The molecule has 3 aliphatic rings. The van der Waals surface area contributed by atoms with Crippen LogP contribution in [0.1, 0.15) is 65.2 Å². The Hall–Kier alpha value is -0.570. The van der Waals surface area contributed by atoms with Gasteiger partial charge >= 0.3 is 0 Å². The predicted molar refractivity (Wildman–Crippen MR) is 86.1 cm³/mol. The summed E-state index contributed by atoms with van der Waals surface area (Å²) in [6.07, 6.45) is 9.83. The Bertz CT molecular complexity index is 373. The third kappa shape index (κ3) is 3.28. The van der Waals surface area contributed by atoms with Crippen molar-refractivity contribution in [1.82, 2.24) is 10.2 Å². The maximum atomic E-state index is 13.1. The molecule has 3 heteroatoms. The first kappa shape index (κ1) is 15.3. The highest BCUT2D eigenvalue weighted by atomic mass is 16.2. The molecule has 21 heavy (non-hydrogen) atoms. The van der Waals surface area contributed by atoms with E-state index >= 15 is 0 Å². The lowest BCUT2D eigenvalue weighted by atomic mass is 9.91. The zero-order chi connectivity index (χ0) is 14.9. The summed E-state index contributed by atoms with van der Waals surface area (Å²) in [6.45, 7) is 7.82. The van der Waals surface area contributed by atoms with Gasteiger partial charge in [0, 0.05) is 18.5 Å². The molecule has 3 nitrogen and oxygen atoms in total. The number of piperidine rings is 1. The number of likely N-dealkylation sites (tertiary alicyclic amines) is 1. The molecule has 2 heterocycles. The first-order valence-electron chi connectivity index (χ1n) is 9.13. The van der Waals surface area contributed by atoms with Crippen LogP contribution in [0.15, 0.2) is 0 Å². The fraction of sp³-hybridized carbons (Fsp3) is 0.944. The number of rotatable bonds is 3. The monoisotopic (exact) mass is 292 g/mol. The van der Waals surface area contributed by atoms with Crippen molar-refractivity contribution in [3.8, 4) is 0 Å². The summed E-state index contributed by atoms with van der Waals surface area (Å²) in [6, 6.07) is 0.513. The van der Waals surface area contributed by atoms with Crippen molar-refractivity contribution in [3.05, 3.63) is 0 Å². The van der Waals surface area contributed by atoms with E-state index in [0.717, 1.165) is 19.6 Å². The summed E-state index contributed by atoms with van der Waals surface area (Å²) in [5.41, 5.74) is 0.386. The van der Waals surface area contributed by atoms with E-state index in [9.17, 15) is 4.79 Å². The Labute approximate surface area is 129 Å². The Morgan fingerprint density at radius 3 is 2.71 bits per heavy atom. The summed E-state index contributed by atoms with van der Waals surface area (Å²) in [7, 11) is 0. The van der Waals surface area contributed by atoms with Crippen LogP contribution >= 0.6 is 0 Å². The maximum absolute atomic E-state index is 13.1. The van der Waals surface area contributed by atoms with E-state index in [2.05, 4.69) is 24.1 Å². The zero-order valence-electron chi connectivity index (χ0n) is 13.9. The van der Waals surface area contributed by atoms with Crippen molar-refractivity contribution in [3.63, 3.8) is 0 Å². The number of carbonyl (C=O) groups excluding carboxylic acids is 1. The average Bonchev–Trinajstić information content (AvgIpc) is 3.19. The molecule has 120 valence electrons. The fourth-order valence-electron chi connectivity index (χ4n) is 4.63. The first-order chi connectivity index (χ1) is 10.1. The van der Waals surface area contributed by atoms with Gasteiger partial charge in [0.1, 0.15) is 0 Å². The lowest BCUT2D eigenvalue weighted by Gasteiger charge is -2.33. The van der Waals surface area contributed by atoms with Crippen LogP contribution in [0, 0.1) is 17.3 Å². The molecule has 2 atom stereocenters. The Morgan fingerprint density at radius 2 is 2.00 bits per heavy atom. The number of nitrogens with zero attached hydrogens (tertiary/aromatic N) is 1. The summed E-state index contributed by atoms with van der Waals surface area (Å²) >= 11 is 0. The van der Waals surface area contributed by atoms with Gasteiger partial charge in [0.25, 0.3) is 0 Å². The van der Waals surface area contributed by atoms with Crippen LogP contribution in [-0.4, -0.2) is 36.5 Å². The molecular formula is C18H32N2O. The molecule has 1 amide bonds. The number of carbonyl (C=O) groups is 1. The molecule has 1 N–H and O–H groups in total. The normalized spacial score (nSPS) is 32.2. The SMILES string of the molecule is CC(C)CC1CCCCCN1C(=O)C1CC12CCNCC2. The van der Waals surface area contributed by atoms with Crippen molar-refractivity contribution in [1.29, 1.82) is 0 Å². The van der Waals surface area contributed by atoms with Crippen LogP contribution in [0.3, 0.4) is 0 Å². The molecule has 0 aromatic rings. The van der Waals surface area contributed by atoms with Gasteiger partial charge in [0.2, 0.25) is 5.91 Å². The molecule has 1 spiro atoms. The largest absolute Gasteiger partial charge is 0.339 e. The second-order valence-corrected chi connectivity index (χ2v) is 8.03. The molecule has 1 aliphatic carbocycles. The van der Waals surface area contributed by atoms with E-state index in [0.29, 0.717) is 29.2 Å². The second kappa shape index (κ2) is 6.28. The summed E-state index contributed by atoms with van der Waals surface area (Å²) in [5.74, 6) is 1.55. The van der Waals surface area contributed by atoms with E-state index in [1.165, 1.54) is 51.4 Å². The van der Waals surface area contributed by atoms with Crippen LogP contribution in [0.5, 0.6) is 0 Å². The second-order valence-electron chi connectivity index (χ2n) is 8.03. The number of amides is 1. The van der Waals surface area contributed by atoms with E-state index < -0.39 is 0 Å². The van der Waals surface area contributed by atoms with E-state index in [-0.39, 0.29) is 0 Å². The van der Waals surface area contributed by atoms with Gasteiger partial charge in [0.15, 0.2) is 0 Å². The van der Waals surface area contributed by atoms with Crippen molar-refractivity contribution in [2.75, 3.05) is 19.6 Å². The zero-order valence-corrected chi connectivity index (χ0v) is 13.9. The van der Waals surface area contributed by atoms with Gasteiger partial charge in [0.05, 0.1) is 0 Å². The molecule has 2 saturated heterocycles. The maximum Gasteiger partial charge on any atom is 0.226 e. The summed E-state index contributed by atoms with van der Waals surface area (Å²) in [5, 5.41) is 3.44. The van der Waals surface area contributed by atoms with Crippen LogP contribution in [0.25, 0.3) is 0 Å². The van der Waals surface area contributed by atoms with Crippen molar-refractivity contribution >= 4 is 5.91 Å². The molecule has 2 unspecified atom stereocenters. The van der Waals surface area contributed by atoms with Gasteiger partial charge in [-0.3, -0.25) is 4.79 Å². The highest BCUT2D eigenvalue weighted by Crippen LogP contribution is 2.59. The van der Waals surface area contributed by atoms with E-state index in [1.54, 1.807) is 0 Å². The van der Waals surface area contributed by atoms with Gasteiger partial charge < -0.3 is 10.2 Å². The van der Waals surface area contributed by atoms with Crippen molar-refractivity contribution < 1.29 is 4.79 Å². The van der Waals surface area contributed by atoms with Gasteiger partial charge in [-0.25, -0.2) is 0 Å². The molecule has 0 radical (unpaired) electrons. The molecular weight excluding hydrogens is 260 g/mol. The minimum atomic E-state index is 0.354. The fourth-order valence-corrected chi connectivity index (χ4v) is 4.63. The molecule has 0 aromatic carbocycles. The van der Waals surface area contributed by atoms with Crippen molar-refractivity contribution in [2.45, 2.75) is 71.3 Å². The topological polar surface area (TPSA) is 32.3 Å². The molecule has 3 rings (SSSR count). The van der Waals surface area contributed by atoms with Crippen LogP contribution in [0.2, 0.25) is 0 Å². The minimum Gasteiger partial charge on any atom is -0.339 e. The smallest absolute Gasteiger partial charge is 0.226 e. The number of hydrogen-bond donors (Lipinski definition) is 1. The third-order valence-corrected chi connectivity index (χ3v) is 5.99. The van der Waals surface area contributed by atoms with Crippen LogP contribution < -0.4 is 5.32 Å². The number of hydrogen-bond acceptors (Lipinski definition) is 2. The highest BCUT2D eigenvalue weighted by Gasteiger charge is 2.58. The lowest BCUT2D eigenvalue weighted by Crippen LogP contribution is -2.43. The Morgan fingerprint density at radius 1 is 1.24 bits per heavy atom. The lowest BCUT2D eigenvalue weighted by molar-refractivity contribution is -0.136. The van der Waals surface area contributed by atoms with E-state index in [4.69, 9.17) is 0 Å². The quantitative estimate of drug-likeness (QED) is 0.866. The van der Waals surface area contributed by atoms with Gasteiger partial charge in [-0.15, -0.1) is 0 Å². The molecule has 1 saturated carbocycles. The van der Waals surface area contributed by atoms with E-state index in [1.807, 2.05) is 0 Å². The summed E-state index contributed by atoms with van der Waals surface area (Å²) < 4.78 is 0. The summed E-state index contributed by atoms with van der Waals surface area (Å²) in [4.78, 5) is 15.4. The Balaban J connectivity index is 1.66. The molecule has 0 bridgehead atoms. The molecule has 0 aromatic heterocycles. The first-order valence-corrected chi connectivity index (χ1v) is 9.13. The minimum absolute atomic E-state index is 0.354. The highest BCUT2D eigenvalue weighted by molar-refractivity contribution is 5.83.